The van der Waals surface area contributed by atoms with Crippen molar-refractivity contribution >= 4 is 11.7 Å². The van der Waals surface area contributed by atoms with Crippen LogP contribution in [0.1, 0.15) is 45.2 Å². The van der Waals surface area contributed by atoms with E-state index in [0.29, 0.717) is 5.92 Å². The highest BCUT2D eigenvalue weighted by atomic mass is 16.2. The molecule has 1 aliphatic carbocycles. The van der Waals surface area contributed by atoms with Crippen molar-refractivity contribution in [1.82, 2.24) is 9.80 Å². The summed E-state index contributed by atoms with van der Waals surface area (Å²) in [6, 6.07) is 9.53. The lowest BCUT2D eigenvalue weighted by molar-refractivity contribution is -0.145. The van der Waals surface area contributed by atoms with Crippen molar-refractivity contribution in [3.8, 4) is 0 Å². The number of likely N-dealkylation sites (N-methyl/N-ethyl adjacent to an activating group) is 1. The molecule has 4 atom stereocenters. The van der Waals surface area contributed by atoms with Crippen LogP contribution < -0.4 is 0 Å². The minimum absolute atomic E-state index is 0.0683. The summed E-state index contributed by atoms with van der Waals surface area (Å²) in [5, 5.41) is 0. The average Bonchev–Trinajstić information content (AvgIpc) is 3.16. The van der Waals surface area contributed by atoms with E-state index in [9.17, 15) is 9.59 Å². The van der Waals surface area contributed by atoms with Crippen molar-refractivity contribution in [2.24, 2.45) is 11.3 Å². The van der Waals surface area contributed by atoms with Crippen molar-refractivity contribution in [2.75, 3.05) is 14.1 Å². The fraction of sp³-hybridized carbons (Fsp3) is 0.600. The predicted molar refractivity (Wildman–Crippen MR) is 94.5 cm³/mol. The summed E-state index contributed by atoms with van der Waals surface area (Å²) in [5.41, 5.74) is 0.568. The summed E-state index contributed by atoms with van der Waals surface area (Å²) >= 11 is 0. The van der Waals surface area contributed by atoms with Crippen LogP contribution in [0.15, 0.2) is 30.3 Å². The number of Topliss-reactive ketones (excluding diaryl/α,β-unsaturated/α-hetero) is 1. The van der Waals surface area contributed by atoms with Crippen LogP contribution in [0.3, 0.4) is 0 Å². The molecular formula is C20H28N2O2. The first-order valence-electron chi connectivity index (χ1n) is 8.79. The van der Waals surface area contributed by atoms with E-state index in [1.165, 1.54) is 0 Å². The van der Waals surface area contributed by atoms with Gasteiger partial charge in [-0.3, -0.25) is 14.5 Å². The van der Waals surface area contributed by atoms with Crippen molar-refractivity contribution in [1.29, 1.82) is 0 Å². The van der Waals surface area contributed by atoms with E-state index in [1.807, 2.05) is 75.0 Å². The molecule has 1 aromatic rings. The summed E-state index contributed by atoms with van der Waals surface area (Å²) in [6.07, 6.45) is 1.88. The third-order valence-corrected chi connectivity index (χ3v) is 5.27. The van der Waals surface area contributed by atoms with Crippen LogP contribution in [0.4, 0.5) is 0 Å². The Kier molecular flexibility index (Phi) is 4.28. The van der Waals surface area contributed by atoms with Gasteiger partial charge in [-0.25, -0.2) is 0 Å². The molecule has 24 heavy (non-hydrogen) atoms. The smallest absolute Gasteiger partial charge is 0.245 e. The lowest BCUT2D eigenvalue weighted by Crippen LogP contribution is -2.50. The number of rotatable bonds is 4. The van der Waals surface area contributed by atoms with Gasteiger partial charge in [0.05, 0.1) is 6.04 Å². The van der Waals surface area contributed by atoms with Crippen LogP contribution in [0, 0.1) is 11.3 Å². The number of nitrogens with zero attached hydrogens (tertiary/aromatic N) is 2. The second kappa shape index (κ2) is 5.99. The quantitative estimate of drug-likeness (QED) is 0.853. The van der Waals surface area contributed by atoms with Gasteiger partial charge in [0.1, 0.15) is 6.04 Å². The molecule has 0 N–H and O–H groups in total. The van der Waals surface area contributed by atoms with Gasteiger partial charge in [0.2, 0.25) is 5.91 Å². The second-order valence-electron chi connectivity index (χ2n) is 8.45. The second-order valence-corrected chi connectivity index (χ2v) is 8.45. The Morgan fingerprint density at radius 2 is 1.75 bits per heavy atom. The molecule has 0 unspecified atom stereocenters. The molecule has 0 aromatic heterocycles. The maximum Gasteiger partial charge on any atom is 0.245 e. The molecular weight excluding hydrogens is 300 g/mol. The molecule has 2 fully saturated rings. The van der Waals surface area contributed by atoms with Gasteiger partial charge in [-0.05, 0) is 38.4 Å². The molecule has 1 aromatic carbocycles. The topological polar surface area (TPSA) is 40.6 Å². The minimum atomic E-state index is -0.416. The van der Waals surface area contributed by atoms with E-state index in [2.05, 4.69) is 0 Å². The molecule has 2 aliphatic rings. The monoisotopic (exact) mass is 328 g/mol. The zero-order chi connectivity index (χ0) is 17.6. The van der Waals surface area contributed by atoms with Crippen molar-refractivity contribution in [2.45, 2.75) is 51.7 Å². The number of ketones is 1. The Bertz CT molecular complexity index is 633. The number of hydrogen-bond donors (Lipinski definition) is 0. The van der Waals surface area contributed by atoms with Crippen LogP contribution in [-0.2, 0) is 9.59 Å². The van der Waals surface area contributed by atoms with Gasteiger partial charge >= 0.3 is 0 Å². The normalized spacial score (nSPS) is 27.1. The summed E-state index contributed by atoms with van der Waals surface area (Å²) in [6.45, 7) is 5.84. The van der Waals surface area contributed by atoms with Gasteiger partial charge in [0, 0.05) is 11.5 Å². The Morgan fingerprint density at radius 1 is 1.12 bits per heavy atom. The fourth-order valence-corrected chi connectivity index (χ4v) is 3.95. The maximum absolute atomic E-state index is 13.4. The third kappa shape index (κ3) is 3.00. The molecule has 0 spiro atoms. The van der Waals surface area contributed by atoms with Crippen LogP contribution in [-0.4, -0.2) is 47.7 Å². The van der Waals surface area contributed by atoms with E-state index in [1.54, 1.807) is 0 Å². The number of amides is 1. The minimum Gasteiger partial charge on any atom is -0.328 e. The Labute approximate surface area is 144 Å². The van der Waals surface area contributed by atoms with Crippen LogP contribution in [0.25, 0.3) is 0 Å². The maximum atomic E-state index is 13.4. The summed E-state index contributed by atoms with van der Waals surface area (Å²) in [5.74, 6) is 0.774. The van der Waals surface area contributed by atoms with E-state index in [-0.39, 0.29) is 29.8 Å². The molecule has 3 rings (SSSR count). The number of carbonyl (C=O) groups excluding carboxylic acids is 2. The zero-order valence-electron chi connectivity index (χ0n) is 15.3. The summed E-state index contributed by atoms with van der Waals surface area (Å²) in [7, 11) is 3.85. The van der Waals surface area contributed by atoms with Crippen molar-refractivity contribution in [3.05, 3.63) is 35.9 Å². The Hall–Kier alpha value is -1.68. The molecule has 0 radical (unpaired) electrons. The van der Waals surface area contributed by atoms with Gasteiger partial charge in [-0.2, -0.15) is 0 Å². The summed E-state index contributed by atoms with van der Waals surface area (Å²) < 4.78 is 0. The number of hydrogen-bond acceptors (Lipinski definition) is 3. The van der Waals surface area contributed by atoms with Crippen LogP contribution in [0.2, 0.25) is 0 Å². The molecule has 1 amide bonds. The lowest BCUT2D eigenvalue weighted by atomic mass is 9.84. The van der Waals surface area contributed by atoms with Crippen molar-refractivity contribution < 1.29 is 9.59 Å². The first-order valence-corrected chi connectivity index (χ1v) is 8.79. The van der Waals surface area contributed by atoms with Gasteiger partial charge in [-0.15, -0.1) is 0 Å². The van der Waals surface area contributed by atoms with Crippen molar-refractivity contribution in [3.63, 3.8) is 0 Å². The molecule has 1 heterocycles. The number of carbonyl (C=O) groups is 2. The average molecular weight is 328 g/mol. The number of likely N-dealkylation sites (tertiary alicyclic amines) is 1. The molecule has 130 valence electrons. The number of fused-ring (bicyclic) bond motifs is 1. The van der Waals surface area contributed by atoms with Gasteiger partial charge < -0.3 is 4.90 Å². The third-order valence-electron chi connectivity index (χ3n) is 5.27. The fourth-order valence-electron chi connectivity index (χ4n) is 3.95. The highest BCUT2D eigenvalue weighted by molar-refractivity contribution is 5.95. The first kappa shape index (κ1) is 17.2. The SMILES string of the molecule is CN(C)[C@@H](C(=O)N1[C@@H]2C[C@@H]2C[C@H]1C(=O)C(C)(C)C)c1ccccc1. The largest absolute Gasteiger partial charge is 0.328 e. The molecule has 1 aliphatic heterocycles. The van der Waals surface area contributed by atoms with E-state index >= 15 is 0 Å². The number of benzene rings is 1. The highest BCUT2D eigenvalue weighted by Gasteiger charge is 2.57. The predicted octanol–water partition coefficient (Wildman–Crippen LogP) is 2.89. The number of piperidine rings is 1. The van der Waals surface area contributed by atoms with Crippen LogP contribution >= 0.6 is 0 Å². The molecule has 1 saturated heterocycles. The van der Waals surface area contributed by atoms with Gasteiger partial charge in [0.25, 0.3) is 0 Å². The zero-order valence-corrected chi connectivity index (χ0v) is 15.3. The van der Waals surface area contributed by atoms with E-state index in [0.717, 1.165) is 18.4 Å². The molecule has 1 saturated carbocycles. The molecule has 4 heteroatoms. The Morgan fingerprint density at radius 3 is 2.29 bits per heavy atom. The standard InChI is InChI=1S/C20H28N2O2/c1-20(2,3)18(23)16-12-14-11-15(14)22(16)19(24)17(21(4)5)13-9-7-6-8-10-13/h6-10,14-17H,11-12H2,1-5H3/t14-,15-,16+,17-/m1/s1. The first-order chi connectivity index (χ1) is 11.2. The Balaban J connectivity index is 1.90. The van der Waals surface area contributed by atoms with E-state index in [4.69, 9.17) is 0 Å². The van der Waals surface area contributed by atoms with Gasteiger partial charge in [0.15, 0.2) is 5.78 Å². The summed E-state index contributed by atoms with van der Waals surface area (Å²) in [4.78, 5) is 30.1. The molecule has 4 nitrogen and oxygen atoms in total. The van der Waals surface area contributed by atoms with Crippen LogP contribution in [0.5, 0.6) is 0 Å². The molecule has 0 bridgehead atoms. The van der Waals surface area contributed by atoms with Gasteiger partial charge in [-0.1, -0.05) is 51.1 Å². The lowest BCUT2D eigenvalue weighted by Gasteiger charge is -2.35. The van der Waals surface area contributed by atoms with E-state index < -0.39 is 5.41 Å². The highest BCUT2D eigenvalue weighted by Crippen LogP contribution is 2.50.